The molecule has 34 heavy (non-hydrogen) atoms. The van der Waals surface area contributed by atoms with Crippen molar-refractivity contribution in [3.05, 3.63) is 101 Å². The minimum absolute atomic E-state index is 0.111. The Kier molecular flexibility index (Phi) is 5.51. The van der Waals surface area contributed by atoms with Gasteiger partial charge in [0.2, 0.25) is 0 Å². The van der Waals surface area contributed by atoms with Crippen LogP contribution in [0.2, 0.25) is 0 Å². The second-order valence-electron chi connectivity index (χ2n) is 10.9. The highest BCUT2D eigenvalue weighted by Gasteiger charge is 2.29. The van der Waals surface area contributed by atoms with Crippen molar-refractivity contribution in [2.24, 2.45) is 5.92 Å². The average molecular weight is 451 g/mol. The van der Waals surface area contributed by atoms with E-state index in [-0.39, 0.29) is 11.3 Å². The van der Waals surface area contributed by atoms with E-state index in [0.717, 1.165) is 28.6 Å². The summed E-state index contributed by atoms with van der Waals surface area (Å²) in [6.07, 6.45) is 5.20. The lowest BCUT2D eigenvalue weighted by Gasteiger charge is -2.27. The molecule has 0 amide bonds. The molecular weight excluding hydrogens is 416 g/mol. The third-order valence-electron chi connectivity index (χ3n) is 6.83. The van der Waals surface area contributed by atoms with Gasteiger partial charge in [-0.05, 0) is 52.1 Å². The molecule has 0 atom stereocenters. The van der Waals surface area contributed by atoms with Crippen molar-refractivity contribution in [3.8, 4) is 5.75 Å². The maximum atomic E-state index is 11.8. The molecule has 2 aromatic heterocycles. The first kappa shape index (κ1) is 22.3. The SMILES string of the molecule is CC(C)Cc1cc(C(c2c[nH]c3ccccc23)c2c[nH]c3ccccc23)c(O)c(C(C)(C)C)c1. The molecule has 3 nitrogen and oxygen atoms in total. The highest BCUT2D eigenvalue weighted by Crippen LogP contribution is 2.46. The number of fused-ring (bicyclic) bond motifs is 2. The molecule has 3 N–H and O–H groups in total. The molecule has 2 heterocycles. The third-order valence-corrected chi connectivity index (χ3v) is 6.83. The molecule has 0 aliphatic heterocycles. The lowest BCUT2D eigenvalue weighted by Crippen LogP contribution is -2.15. The molecule has 0 radical (unpaired) electrons. The second-order valence-corrected chi connectivity index (χ2v) is 10.9. The number of H-pyrrole nitrogens is 2. The van der Waals surface area contributed by atoms with Gasteiger partial charge in [-0.15, -0.1) is 0 Å². The number of aromatic nitrogens is 2. The number of hydrogen-bond donors (Lipinski definition) is 3. The Balaban J connectivity index is 1.84. The normalized spacial score (nSPS) is 12.4. The molecule has 3 heteroatoms. The van der Waals surface area contributed by atoms with E-state index in [1.165, 1.54) is 27.5 Å². The van der Waals surface area contributed by atoms with Gasteiger partial charge in [-0.1, -0.05) is 83.1 Å². The minimum atomic E-state index is -0.170. The van der Waals surface area contributed by atoms with E-state index in [4.69, 9.17) is 0 Å². The maximum absolute atomic E-state index is 11.8. The molecule has 0 saturated carbocycles. The van der Waals surface area contributed by atoms with Crippen LogP contribution in [0, 0.1) is 5.92 Å². The monoisotopic (exact) mass is 450 g/mol. The summed E-state index contributed by atoms with van der Waals surface area (Å²) in [4.78, 5) is 6.94. The van der Waals surface area contributed by atoms with Crippen LogP contribution in [0.25, 0.3) is 21.8 Å². The van der Waals surface area contributed by atoms with Gasteiger partial charge in [0.05, 0.1) is 0 Å². The Labute approximate surface area is 201 Å². The van der Waals surface area contributed by atoms with Gasteiger partial charge in [-0.2, -0.15) is 0 Å². The second kappa shape index (κ2) is 8.39. The first-order chi connectivity index (χ1) is 16.2. The number of phenols is 1. The van der Waals surface area contributed by atoms with E-state index in [9.17, 15) is 5.11 Å². The number of phenolic OH excluding ortho intramolecular Hbond substituents is 1. The molecule has 5 rings (SSSR count). The van der Waals surface area contributed by atoms with Crippen LogP contribution in [0.4, 0.5) is 0 Å². The van der Waals surface area contributed by atoms with Crippen molar-refractivity contribution in [3.63, 3.8) is 0 Å². The fourth-order valence-corrected chi connectivity index (χ4v) is 5.27. The smallest absolute Gasteiger partial charge is 0.123 e. The van der Waals surface area contributed by atoms with Gasteiger partial charge in [0.15, 0.2) is 0 Å². The molecule has 0 unspecified atom stereocenters. The van der Waals surface area contributed by atoms with Crippen LogP contribution >= 0.6 is 0 Å². The number of aromatic hydroxyl groups is 1. The van der Waals surface area contributed by atoms with Crippen LogP contribution in [0.15, 0.2) is 73.1 Å². The first-order valence-electron chi connectivity index (χ1n) is 12.2. The van der Waals surface area contributed by atoms with Crippen molar-refractivity contribution >= 4 is 21.8 Å². The van der Waals surface area contributed by atoms with Crippen LogP contribution < -0.4 is 0 Å². The summed E-state index contributed by atoms with van der Waals surface area (Å²) in [6, 6.07) is 21.3. The van der Waals surface area contributed by atoms with Crippen LogP contribution in [-0.2, 0) is 11.8 Å². The number of aromatic amines is 2. The summed E-state index contributed by atoms with van der Waals surface area (Å²) >= 11 is 0. The summed E-state index contributed by atoms with van der Waals surface area (Å²) in [5.41, 5.74) is 7.65. The van der Waals surface area contributed by atoms with Gasteiger partial charge in [0, 0.05) is 45.7 Å². The number of benzene rings is 3. The Morgan fingerprint density at radius 1 is 0.765 bits per heavy atom. The molecule has 0 bridgehead atoms. The molecule has 0 aliphatic carbocycles. The summed E-state index contributed by atoms with van der Waals surface area (Å²) in [5.74, 6) is 0.825. The standard InChI is InChI=1S/C31H34N2O/c1-19(2)14-20-15-23(30(34)26(16-20)31(3,4)5)29(24-17-32-27-12-8-6-10-21(24)27)25-18-33-28-13-9-7-11-22(25)28/h6-13,15-19,29,32-34H,14H2,1-5H3. The van der Waals surface area contributed by atoms with E-state index in [1.807, 2.05) is 0 Å². The van der Waals surface area contributed by atoms with Crippen molar-refractivity contribution in [2.45, 2.75) is 52.4 Å². The molecule has 0 spiro atoms. The summed E-state index contributed by atoms with van der Waals surface area (Å²) in [6.45, 7) is 11.0. The van der Waals surface area contributed by atoms with Crippen molar-refractivity contribution in [1.29, 1.82) is 0 Å². The molecule has 0 saturated heterocycles. The quantitative estimate of drug-likeness (QED) is 0.249. The fraction of sp³-hybridized carbons (Fsp3) is 0.290. The van der Waals surface area contributed by atoms with Crippen molar-refractivity contribution < 1.29 is 5.11 Å². The molecule has 174 valence electrons. The molecule has 3 aromatic carbocycles. The zero-order valence-corrected chi connectivity index (χ0v) is 20.7. The van der Waals surface area contributed by atoms with E-state index in [2.05, 4.69) is 118 Å². The first-order valence-corrected chi connectivity index (χ1v) is 12.2. The van der Waals surface area contributed by atoms with Crippen LogP contribution in [0.1, 0.15) is 68.4 Å². The number of nitrogens with one attached hydrogen (secondary N) is 2. The number of rotatable bonds is 5. The van der Waals surface area contributed by atoms with Crippen molar-refractivity contribution in [1.82, 2.24) is 9.97 Å². The Hall–Kier alpha value is -3.46. The van der Waals surface area contributed by atoms with Gasteiger partial charge >= 0.3 is 0 Å². The third kappa shape index (κ3) is 3.90. The molecule has 5 aromatic rings. The van der Waals surface area contributed by atoms with E-state index < -0.39 is 0 Å². The lowest BCUT2D eigenvalue weighted by molar-refractivity contribution is 0.438. The van der Waals surface area contributed by atoms with Gasteiger partial charge in [-0.25, -0.2) is 0 Å². The largest absolute Gasteiger partial charge is 0.507 e. The summed E-state index contributed by atoms with van der Waals surface area (Å²) in [7, 11) is 0. The lowest BCUT2D eigenvalue weighted by atomic mass is 9.78. The van der Waals surface area contributed by atoms with Gasteiger partial charge in [0.1, 0.15) is 5.75 Å². The van der Waals surface area contributed by atoms with Crippen LogP contribution in [0.5, 0.6) is 5.75 Å². The minimum Gasteiger partial charge on any atom is -0.507 e. The predicted molar refractivity (Wildman–Crippen MR) is 143 cm³/mol. The Bertz CT molecular complexity index is 1390. The molecular formula is C31H34N2O. The average Bonchev–Trinajstić information content (AvgIpc) is 3.40. The van der Waals surface area contributed by atoms with Crippen LogP contribution in [0.3, 0.4) is 0 Å². The zero-order chi connectivity index (χ0) is 24.0. The summed E-state index contributed by atoms with van der Waals surface area (Å²) < 4.78 is 0. The number of hydrogen-bond acceptors (Lipinski definition) is 1. The molecule has 0 fully saturated rings. The van der Waals surface area contributed by atoms with Crippen LogP contribution in [-0.4, -0.2) is 15.1 Å². The maximum Gasteiger partial charge on any atom is 0.123 e. The number of para-hydroxylation sites is 2. The Morgan fingerprint density at radius 3 is 1.79 bits per heavy atom. The highest BCUT2D eigenvalue weighted by atomic mass is 16.3. The van der Waals surface area contributed by atoms with Crippen molar-refractivity contribution in [2.75, 3.05) is 0 Å². The predicted octanol–water partition coefficient (Wildman–Crippen LogP) is 8.03. The van der Waals surface area contributed by atoms with E-state index in [1.54, 1.807) is 0 Å². The Morgan fingerprint density at radius 2 is 1.29 bits per heavy atom. The van der Waals surface area contributed by atoms with Gasteiger partial charge in [-0.3, -0.25) is 0 Å². The highest BCUT2D eigenvalue weighted by molar-refractivity contribution is 5.89. The topological polar surface area (TPSA) is 51.8 Å². The van der Waals surface area contributed by atoms with Gasteiger partial charge < -0.3 is 15.1 Å². The summed E-state index contributed by atoms with van der Waals surface area (Å²) in [5, 5.41) is 14.1. The molecule has 0 aliphatic rings. The van der Waals surface area contributed by atoms with Gasteiger partial charge in [0.25, 0.3) is 0 Å². The van der Waals surface area contributed by atoms with E-state index in [0.29, 0.717) is 11.7 Å². The van der Waals surface area contributed by atoms with E-state index >= 15 is 0 Å². The fourth-order valence-electron chi connectivity index (χ4n) is 5.27. The zero-order valence-electron chi connectivity index (χ0n) is 20.7.